The molecular formula is C26H39N3O2. The van der Waals surface area contributed by atoms with Crippen LogP contribution in [0, 0.1) is 17.8 Å². The molecule has 0 N–H and O–H groups in total. The molecule has 2 aromatic rings. The van der Waals surface area contributed by atoms with Crippen LogP contribution < -0.4 is 4.74 Å². The largest absolute Gasteiger partial charge is 0.497 e. The van der Waals surface area contributed by atoms with E-state index in [0.717, 1.165) is 38.5 Å². The van der Waals surface area contributed by atoms with E-state index in [4.69, 9.17) is 4.74 Å². The van der Waals surface area contributed by atoms with E-state index in [1.165, 1.54) is 11.3 Å². The zero-order valence-corrected chi connectivity index (χ0v) is 20.0. The van der Waals surface area contributed by atoms with E-state index >= 15 is 0 Å². The quantitative estimate of drug-likeness (QED) is 0.598. The summed E-state index contributed by atoms with van der Waals surface area (Å²) < 4.78 is 7.70. The lowest BCUT2D eigenvalue weighted by Gasteiger charge is -2.31. The number of aryl methyl sites for hydroxylation is 1. The molecular weight excluding hydrogens is 386 g/mol. The van der Waals surface area contributed by atoms with Crippen LogP contribution in [0.2, 0.25) is 0 Å². The number of nitrogens with zero attached hydrogens (tertiary/aromatic N) is 3. The van der Waals surface area contributed by atoms with Crippen LogP contribution in [0.3, 0.4) is 0 Å². The molecule has 1 aliphatic heterocycles. The summed E-state index contributed by atoms with van der Waals surface area (Å²) in [5.41, 5.74) is 2.63. The Morgan fingerprint density at radius 2 is 1.94 bits per heavy atom. The number of hydrogen-bond acceptors (Lipinski definition) is 3. The van der Waals surface area contributed by atoms with Gasteiger partial charge in [0.1, 0.15) is 5.75 Å². The van der Waals surface area contributed by atoms with Gasteiger partial charge >= 0.3 is 0 Å². The molecule has 31 heavy (non-hydrogen) atoms. The molecule has 0 saturated carbocycles. The van der Waals surface area contributed by atoms with E-state index in [2.05, 4.69) is 71.8 Å². The molecule has 1 aliphatic rings. The summed E-state index contributed by atoms with van der Waals surface area (Å²) in [6, 6.07) is 12.8. The Balaban J connectivity index is 1.85. The van der Waals surface area contributed by atoms with Crippen LogP contribution >= 0.6 is 0 Å². The molecule has 0 aliphatic carbocycles. The van der Waals surface area contributed by atoms with Gasteiger partial charge in [-0.15, -0.1) is 0 Å². The Bertz CT molecular complexity index is 858. The van der Waals surface area contributed by atoms with Crippen LogP contribution in [-0.2, 0) is 18.4 Å². The summed E-state index contributed by atoms with van der Waals surface area (Å²) in [4.78, 5) is 17.6. The molecule has 3 rings (SSSR count). The van der Waals surface area contributed by atoms with Crippen molar-refractivity contribution in [2.45, 2.75) is 40.2 Å². The Hall–Kier alpha value is -2.27. The van der Waals surface area contributed by atoms with Crippen molar-refractivity contribution in [1.29, 1.82) is 0 Å². The van der Waals surface area contributed by atoms with E-state index in [9.17, 15) is 4.79 Å². The maximum absolute atomic E-state index is 13.0. The summed E-state index contributed by atoms with van der Waals surface area (Å²) >= 11 is 0. The lowest BCUT2D eigenvalue weighted by atomic mass is 9.88. The normalized spacial score (nSPS) is 19.4. The third-order valence-corrected chi connectivity index (χ3v) is 6.32. The number of aromatic nitrogens is 1. The molecule has 1 fully saturated rings. The number of ether oxygens (including phenoxy) is 1. The second-order valence-corrected chi connectivity index (χ2v) is 9.74. The van der Waals surface area contributed by atoms with Gasteiger partial charge in [-0.25, -0.2) is 0 Å². The number of likely N-dealkylation sites (tertiary alicyclic amines) is 1. The van der Waals surface area contributed by atoms with E-state index in [0.29, 0.717) is 17.8 Å². The highest BCUT2D eigenvalue weighted by molar-refractivity contribution is 5.78. The summed E-state index contributed by atoms with van der Waals surface area (Å²) in [5, 5.41) is 0. The lowest BCUT2D eigenvalue weighted by molar-refractivity contribution is -0.135. The predicted molar refractivity (Wildman–Crippen MR) is 126 cm³/mol. The molecule has 5 heteroatoms. The highest BCUT2D eigenvalue weighted by atomic mass is 16.5. The van der Waals surface area contributed by atoms with Crippen molar-refractivity contribution in [3.8, 4) is 5.75 Å². The number of carbonyl (C=O) groups excluding carboxylic acids is 1. The average Bonchev–Trinajstić information content (AvgIpc) is 3.32. The fourth-order valence-corrected chi connectivity index (χ4v) is 4.76. The molecule has 0 bridgehead atoms. The lowest BCUT2D eigenvalue weighted by Crippen LogP contribution is -2.41. The van der Waals surface area contributed by atoms with Crippen molar-refractivity contribution in [2.24, 2.45) is 24.8 Å². The Labute approximate surface area is 188 Å². The van der Waals surface area contributed by atoms with Crippen molar-refractivity contribution in [2.75, 3.05) is 33.3 Å². The molecule has 1 aromatic heterocycles. The minimum atomic E-state index is 0.0230. The summed E-state index contributed by atoms with van der Waals surface area (Å²) in [5.74, 6) is 2.42. The minimum Gasteiger partial charge on any atom is -0.497 e. The molecule has 170 valence electrons. The van der Waals surface area contributed by atoms with Gasteiger partial charge in [0.2, 0.25) is 5.91 Å². The number of hydrogen-bond donors (Lipinski definition) is 0. The summed E-state index contributed by atoms with van der Waals surface area (Å²) in [6.45, 7) is 12.9. The van der Waals surface area contributed by atoms with Gasteiger partial charge in [0.15, 0.2) is 0 Å². The average molecular weight is 426 g/mol. The maximum atomic E-state index is 13.0. The zero-order valence-electron chi connectivity index (χ0n) is 20.0. The van der Waals surface area contributed by atoms with E-state index in [-0.39, 0.29) is 11.8 Å². The topological polar surface area (TPSA) is 37.7 Å². The third-order valence-electron chi connectivity index (χ3n) is 6.32. The first-order valence-electron chi connectivity index (χ1n) is 11.5. The van der Waals surface area contributed by atoms with Crippen LogP contribution in [0.1, 0.15) is 44.9 Å². The van der Waals surface area contributed by atoms with E-state index in [1.54, 1.807) is 7.11 Å². The molecule has 2 unspecified atom stereocenters. The van der Waals surface area contributed by atoms with Gasteiger partial charge in [-0.2, -0.15) is 0 Å². The number of rotatable bonds is 9. The van der Waals surface area contributed by atoms with Gasteiger partial charge in [0, 0.05) is 63.5 Å². The first-order valence-corrected chi connectivity index (χ1v) is 11.5. The molecule has 5 nitrogen and oxygen atoms in total. The Morgan fingerprint density at radius 3 is 2.55 bits per heavy atom. The second kappa shape index (κ2) is 10.4. The number of benzene rings is 1. The molecule has 1 aromatic carbocycles. The summed E-state index contributed by atoms with van der Waals surface area (Å²) in [7, 11) is 3.83. The van der Waals surface area contributed by atoms with Gasteiger partial charge in [0.25, 0.3) is 0 Å². The second-order valence-electron chi connectivity index (χ2n) is 9.74. The molecule has 1 amide bonds. The smallest absolute Gasteiger partial charge is 0.225 e. The Morgan fingerprint density at radius 1 is 1.16 bits per heavy atom. The van der Waals surface area contributed by atoms with Crippen LogP contribution in [-0.4, -0.2) is 53.6 Å². The van der Waals surface area contributed by atoms with Crippen LogP contribution in [0.15, 0.2) is 42.6 Å². The first kappa shape index (κ1) is 23.4. The minimum absolute atomic E-state index is 0.0230. The van der Waals surface area contributed by atoms with Crippen LogP contribution in [0.25, 0.3) is 0 Å². The van der Waals surface area contributed by atoms with E-state index in [1.807, 2.05) is 19.9 Å². The fraction of sp³-hybridized carbons (Fsp3) is 0.577. The van der Waals surface area contributed by atoms with Gasteiger partial charge in [-0.1, -0.05) is 39.8 Å². The van der Waals surface area contributed by atoms with Crippen molar-refractivity contribution in [3.63, 3.8) is 0 Å². The molecule has 1 saturated heterocycles. The molecule has 0 radical (unpaired) electrons. The highest BCUT2D eigenvalue weighted by Crippen LogP contribution is 2.36. The molecule has 0 spiro atoms. The zero-order chi connectivity index (χ0) is 22.5. The van der Waals surface area contributed by atoms with Crippen molar-refractivity contribution >= 4 is 5.91 Å². The summed E-state index contributed by atoms with van der Waals surface area (Å²) in [6.07, 6.45) is 2.11. The molecule has 2 heterocycles. The predicted octanol–water partition coefficient (Wildman–Crippen LogP) is 4.39. The van der Waals surface area contributed by atoms with Crippen LogP contribution in [0.5, 0.6) is 5.75 Å². The monoisotopic (exact) mass is 425 g/mol. The molecule has 2 atom stereocenters. The van der Waals surface area contributed by atoms with Gasteiger partial charge < -0.3 is 14.2 Å². The maximum Gasteiger partial charge on any atom is 0.225 e. The highest BCUT2D eigenvalue weighted by Gasteiger charge is 2.36. The van der Waals surface area contributed by atoms with Crippen LogP contribution in [0.4, 0.5) is 0 Å². The van der Waals surface area contributed by atoms with Crippen molar-refractivity contribution in [1.82, 2.24) is 14.4 Å². The number of amides is 1. The van der Waals surface area contributed by atoms with Gasteiger partial charge in [0.05, 0.1) is 7.11 Å². The van der Waals surface area contributed by atoms with Gasteiger partial charge in [-0.05, 0) is 41.7 Å². The van der Waals surface area contributed by atoms with Crippen molar-refractivity contribution < 1.29 is 9.53 Å². The van der Waals surface area contributed by atoms with E-state index < -0.39 is 0 Å². The fourth-order valence-electron chi connectivity index (χ4n) is 4.76. The first-order chi connectivity index (χ1) is 14.8. The number of methoxy groups -OCH3 is 1. The van der Waals surface area contributed by atoms with Gasteiger partial charge in [-0.3, -0.25) is 9.69 Å². The number of carbonyl (C=O) groups is 1. The van der Waals surface area contributed by atoms with Crippen molar-refractivity contribution in [3.05, 3.63) is 53.9 Å². The Kier molecular flexibility index (Phi) is 7.82. The standard InChI is InChI=1S/C26H39N3O2/c1-19(2)14-29(26(30)20(3)4)16-22-15-28(17-23-10-8-12-27(23)5)18-25(22)21-9-7-11-24(13-21)31-6/h7-13,19-20,22,25H,14-18H2,1-6H3. The SMILES string of the molecule is COc1cccc(C2CN(Cc3cccn3C)CC2CN(CC(C)C)C(=O)C(C)C)c1. The third kappa shape index (κ3) is 5.91.